The second-order valence-corrected chi connectivity index (χ2v) is 9.05. The molecule has 150 valence electrons. The number of anilines is 2. The van der Waals surface area contributed by atoms with Crippen molar-refractivity contribution in [2.75, 3.05) is 10.2 Å². The molecule has 2 bridgehead atoms. The molecule has 5 nitrogen and oxygen atoms in total. The lowest BCUT2D eigenvalue weighted by Gasteiger charge is -2.37. The molecule has 6 heteroatoms. The van der Waals surface area contributed by atoms with Crippen molar-refractivity contribution in [3.05, 3.63) is 71.3 Å². The molecular formula is C24H19ClN2O3. The monoisotopic (exact) mass is 418 g/mol. The third-order valence-electron chi connectivity index (χ3n) is 7.17. The van der Waals surface area contributed by atoms with Crippen LogP contribution in [0.4, 0.5) is 11.4 Å². The summed E-state index contributed by atoms with van der Waals surface area (Å²) < 4.78 is 0. The standard InChI is InChI=1S/C24H19ClN2O3/c25-18-3-1-2-4-19(18)26-22(28)12-5-7-13(8-6-12)27-23(29)20-14-9-10-15(17-11-16(14)17)21(20)24(27)30/h1-10,14-17,20-21H,11H2,(H,26,28)/t14-,15-,16-,17+,20-,21+/m0/s1. The lowest BCUT2D eigenvalue weighted by atomic mass is 9.63. The molecule has 2 saturated carbocycles. The van der Waals surface area contributed by atoms with Crippen LogP contribution >= 0.6 is 11.6 Å². The fourth-order valence-corrected chi connectivity index (χ4v) is 5.91. The van der Waals surface area contributed by atoms with E-state index in [-0.39, 0.29) is 41.4 Å². The summed E-state index contributed by atoms with van der Waals surface area (Å²) in [4.78, 5) is 40.2. The highest BCUT2D eigenvalue weighted by molar-refractivity contribution is 6.34. The van der Waals surface area contributed by atoms with Gasteiger partial charge in [-0.2, -0.15) is 0 Å². The lowest BCUT2D eigenvalue weighted by Crippen LogP contribution is -2.40. The molecular weight excluding hydrogens is 400 g/mol. The Balaban J connectivity index is 1.24. The zero-order valence-electron chi connectivity index (χ0n) is 16.0. The average molecular weight is 419 g/mol. The van der Waals surface area contributed by atoms with E-state index >= 15 is 0 Å². The summed E-state index contributed by atoms with van der Waals surface area (Å²) in [5.41, 5.74) is 1.49. The molecule has 3 amide bonds. The summed E-state index contributed by atoms with van der Waals surface area (Å²) in [6, 6.07) is 13.6. The SMILES string of the molecule is O=C(Nc1ccccc1Cl)c1ccc(N2C(=O)[C@@H]3[C@H]4C=C[C@@H]([C@@H]5C[C@H]45)[C@@H]3C2=O)cc1. The van der Waals surface area contributed by atoms with Gasteiger partial charge in [0.25, 0.3) is 5.91 Å². The Morgan fingerprint density at radius 3 is 2.10 bits per heavy atom. The Morgan fingerprint density at radius 2 is 1.50 bits per heavy atom. The molecule has 7 rings (SSSR count). The van der Waals surface area contributed by atoms with E-state index in [0.717, 1.165) is 6.42 Å². The van der Waals surface area contributed by atoms with Crippen molar-refractivity contribution >= 4 is 40.7 Å². The molecule has 0 radical (unpaired) electrons. The number of hydrogen-bond donors (Lipinski definition) is 1. The van der Waals surface area contributed by atoms with Crippen molar-refractivity contribution in [3.8, 4) is 0 Å². The molecule has 1 N–H and O–H groups in total. The maximum absolute atomic E-state index is 13.2. The molecule has 4 aliphatic carbocycles. The first-order valence-electron chi connectivity index (χ1n) is 10.3. The molecule has 6 atom stereocenters. The quantitative estimate of drug-likeness (QED) is 0.601. The summed E-state index contributed by atoms with van der Waals surface area (Å²) in [6.07, 6.45) is 5.47. The molecule has 0 unspecified atom stereocenters. The van der Waals surface area contributed by atoms with Crippen LogP contribution in [0, 0.1) is 35.5 Å². The summed E-state index contributed by atoms with van der Waals surface area (Å²) in [7, 11) is 0. The van der Waals surface area contributed by atoms with E-state index in [1.54, 1.807) is 48.5 Å². The molecule has 2 aromatic carbocycles. The minimum Gasteiger partial charge on any atom is -0.321 e. The van der Waals surface area contributed by atoms with E-state index in [1.165, 1.54) is 4.90 Å². The number of carbonyl (C=O) groups is 3. The average Bonchev–Trinajstić information content (AvgIpc) is 3.53. The van der Waals surface area contributed by atoms with Crippen LogP contribution in [-0.4, -0.2) is 17.7 Å². The van der Waals surface area contributed by atoms with Crippen molar-refractivity contribution in [3.63, 3.8) is 0 Å². The molecule has 0 spiro atoms. The molecule has 30 heavy (non-hydrogen) atoms. The van der Waals surface area contributed by atoms with Gasteiger partial charge >= 0.3 is 0 Å². The number of halogens is 1. The van der Waals surface area contributed by atoms with Gasteiger partial charge in [-0.15, -0.1) is 0 Å². The normalized spacial score (nSPS) is 32.8. The van der Waals surface area contributed by atoms with Crippen LogP contribution in [0.25, 0.3) is 0 Å². The molecule has 1 saturated heterocycles. The number of para-hydroxylation sites is 1. The highest BCUT2D eigenvalue weighted by Crippen LogP contribution is 2.65. The topological polar surface area (TPSA) is 66.5 Å². The van der Waals surface area contributed by atoms with Crippen LogP contribution < -0.4 is 10.2 Å². The predicted molar refractivity (Wildman–Crippen MR) is 113 cm³/mol. The van der Waals surface area contributed by atoms with Gasteiger partial charge in [-0.3, -0.25) is 19.3 Å². The number of rotatable bonds is 3. The first-order valence-corrected chi connectivity index (χ1v) is 10.6. The number of benzene rings is 2. The highest BCUT2D eigenvalue weighted by Gasteiger charge is 2.67. The summed E-state index contributed by atoms with van der Waals surface area (Å²) in [5.74, 6) is 0.622. The van der Waals surface area contributed by atoms with Gasteiger partial charge in [0.1, 0.15) is 0 Å². The molecule has 2 aromatic rings. The Hall–Kier alpha value is -2.92. The third kappa shape index (κ3) is 2.45. The molecule has 1 aliphatic heterocycles. The van der Waals surface area contributed by atoms with Crippen molar-refractivity contribution in [2.24, 2.45) is 35.5 Å². The van der Waals surface area contributed by atoms with Crippen LogP contribution in [0.5, 0.6) is 0 Å². The first kappa shape index (κ1) is 17.9. The van der Waals surface area contributed by atoms with Gasteiger partial charge in [0.2, 0.25) is 11.8 Å². The van der Waals surface area contributed by atoms with Crippen molar-refractivity contribution in [2.45, 2.75) is 6.42 Å². The lowest BCUT2D eigenvalue weighted by molar-refractivity contribution is -0.124. The largest absolute Gasteiger partial charge is 0.321 e. The van der Waals surface area contributed by atoms with Gasteiger partial charge < -0.3 is 5.32 Å². The molecule has 0 aromatic heterocycles. The fourth-order valence-electron chi connectivity index (χ4n) is 5.73. The van der Waals surface area contributed by atoms with Gasteiger partial charge in [-0.25, -0.2) is 0 Å². The summed E-state index contributed by atoms with van der Waals surface area (Å²) in [6.45, 7) is 0. The minimum absolute atomic E-state index is 0.0945. The fraction of sp³-hybridized carbons (Fsp3) is 0.292. The van der Waals surface area contributed by atoms with Crippen molar-refractivity contribution in [1.82, 2.24) is 0 Å². The zero-order chi connectivity index (χ0) is 20.6. The summed E-state index contributed by atoms with van der Waals surface area (Å²) in [5, 5.41) is 3.23. The smallest absolute Gasteiger partial charge is 0.255 e. The Kier molecular flexibility index (Phi) is 3.75. The van der Waals surface area contributed by atoms with Crippen LogP contribution in [0.2, 0.25) is 5.02 Å². The van der Waals surface area contributed by atoms with E-state index < -0.39 is 0 Å². The number of nitrogens with zero attached hydrogens (tertiary/aromatic N) is 1. The van der Waals surface area contributed by atoms with E-state index in [2.05, 4.69) is 17.5 Å². The van der Waals surface area contributed by atoms with Gasteiger partial charge in [0.15, 0.2) is 0 Å². The Labute approximate surface area is 178 Å². The second kappa shape index (κ2) is 6.29. The predicted octanol–water partition coefficient (Wildman–Crippen LogP) is 4.15. The maximum atomic E-state index is 13.2. The van der Waals surface area contributed by atoms with Gasteiger partial charge in [-0.1, -0.05) is 35.9 Å². The Bertz CT molecular complexity index is 1090. The molecule has 3 fully saturated rings. The molecule has 5 aliphatic rings. The number of hydrogen-bond acceptors (Lipinski definition) is 3. The minimum atomic E-state index is -0.301. The summed E-state index contributed by atoms with van der Waals surface area (Å²) >= 11 is 6.10. The van der Waals surface area contributed by atoms with E-state index in [1.807, 2.05) is 0 Å². The van der Waals surface area contributed by atoms with Gasteiger partial charge in [-0.05, 0) is 66.5 Å². The van der Waals surface area contributed by atoms with Crippen LogP contribution in [-0.2, 0) is 9.59 Å². The first-order chi connectivity index (χ1) is 14.5. The number of imide groups is 1. The number of allylic oxidation sites excluding steroid dienone is 2. The maximum Gasteiger partial charge on any atom is 0.255 e. The number of nitrogens with one attached hydrogen (secondary N) is 1. The zero-order valence-corrected chi connectivity index (χ0v) is 16.8. The van der Waals surface area contributed by atoms with E-state index in [4.69, 9.17) is 11.6 Å². The van der Waals surface area contributed by atoms with Gasteiger partial charge in [0.05, 0.1) is 28.2 Å². The highest BCUT2D eigenvalue weighted by atomic mass is 35.5. The second-order valence-electron chi connectivity index (χ2n) is 8.65. The van der Waals surface area contributed by atoms with Crippen LogP contribution in [0.1, 0.15) is 16.8 Å². The van der Waals surface area contributed by atoms with Crippen molar-refractivity contribution in [1.29, 1.82) is 0 Å². The van der Waals surface area contributed by atoms with Crippen LogP contribution in [0.15, 0.2) is 60.7 Å². The van der Waals surface area contributed by atoms with Gasteiger partial charge in [0, 0.05) is 5.56 Å². The van der Waals surface area contributed by atoms with E-state index in [0.29, 0.717) is 33.8 Å². The Morgan fingerprint density at radius 1 is 0.900 bits per heavy atom. The number of carbonyl (C=O) groups excluding carboxylic acids is 3. The molecule has 1 heterocycles. The third-order valence-corrected chi connectivity index (χ3v) is 7.50. The van der Waals surface area contributed by atoms with Crippen LogP contribution in [0.3, 0.4) is 0 Å². The number of amides is 3. The van der Waals surface area contributed by atoms with Crippen molar-refractivity contribution < 1.29 is 14.4 Å². The van der Waals surface area contributed by atoms with E-state index in [9.17, 15) is 14.4 Å².